The molecule has 1 atom stereocenters. The van der Waals surface area contributed by atoms with E-state index in [9.17, 15) is 4.79 Å². The van der Waals surface area contributed by atoms with E-state index in [0.29, 0.717) is 11.6 Å². The van der Waals surface area contributed by atoms with E-state index in [-0.39, 0.29) is 5.91 Å². The zero-order valence-corrected chi connectivity index (χ0v) is 15.7. The summed E-state index contributed by atoms with van der Waals surface area (Å²) in [7, 11) is 0. The Hall–Kier alpha value is -1.77. The summed E-state index contributed by atoms with van der Waals surface area (Å²) in [6, 6.07) is 3.79. The van der Waals surface area contributed by atoms with Gasteiger partial charge in [0, 0.05) is 31.2 Å². The number of likely N-dealkylation sites (tertiary alicyclic amines) is 1. The Morgan fingerprint density at radius 2 is 2.32 bits per heavy atom. The number of piperidine rings is 1. The second-order valence-corrected chi connectivity index (χ2v) is 8.60. The first kappa shape index (κ1) is 16.7. The Labute approximate surface area is 158 Å². The highest BCUT2D eigenvalue weighted by Crippen LogP contribution is 2.33. The van der Waals surface area contributed by atoms with Gasteiger partial charge in [-0.15, -0.1) is 27.8 Å². The van der Waals surface area contributed by atoms with Gasteiger partial charge in [-0.25, -0.2) is 4.98 Å². The third-order valence-electron chi connectivity index (χ3n) is 4.23. The van der Waals surface area contributed by atoms with Crippen molar-refractivity contribution in [3.05, 3.63) is 39.9 Å². The van der Waals surface area contributed by atoms with E-state index in [2.05, 4.69) is 15.3 Å². The molecule has 9 heteroatoms. The maximum Gasteiger partial charge on any atom is 0.273 e. The van der Waals surface area contributed by atoms with Crippen molar-refractivity contribution >= 4 is 40.2 Å². The number of nitrogens with zero attached hydrogens (tertiary/aromatic N) is 5. The summed E-state index contributed by atoms with van der Waals surface area (Å²) in [4.78, 5) is 20.2. The van der Waals surface area contributed by atoms with E-state index in [4.69, 9.17) is 11.6 Å². The standard InChI is InChI=1S/C16H16ClN5OS2/c17-14-4-3-13(25-14)15-19-12(10-24-15)16(23)21-6-1-2-11(8-21)9-22-7-5-18-20-22/h3-5,7,10-11H,1-2,6,8-9H2. The Bertz CT molecular complexity index is 860. The molecule has 0 aromatic carbocycles. The van der Waals surface area contributed by atoms with Gasteiger partial charge in [-0.05, 0) is 30.9 Å². The highest BCUT2D eigenvalue weighted by Gasteiger charge is 2.26. The van der Waals surface area contributed by atoms with Crippen LogP contribution >= 0.6 is 34.3 Å². The number of carbonyl (C=O) groups is 1. The van der Waals surface area contributed by atoms with Gasteiger partial charge in [-0.2, -0.15) is 0 Å². The van der Waals surface area contributed by atoms with Crippen LogP contribution in [0.15, 0.2) is 29.9 Å². The molecule has 0 radical (unpaired) electrons. The highest BCUT2D eigenvalue weighted by atomic mass is 35.5. The number of aromatic nitrogens is 4. The number of hydrogen-bond acceptors (Lipinski definition) is 6. The summed E-state index contributed by atoms with van der Waals surface area (Å²) >= 11 is 8.94. The fourth-order valence-electron chi connectivity index (χ4n) is 3.07. The molecule has 130 valence electrons. The lowest BCUT2D eigenvalue weighted by atomic mass is 9.98. The summed E-state index contributed by atoms with van der Waals surface area (Å²) in [5.41, 5.74) is 0.519. The van der Waals surface area contributed by atoms with Crippen molar-refractivity contribution in [2.45, 2.75) is 19.4 Å². The van der Waals surface area contributed by atoms with Crippen LogP contribution in [0.1, 0.15) is 23.3 Å². The lowest BCUT2D eigenvalue weighted by molar-refractivity contribution is 0.0654. The van der Waals surface area contributed by atoms with Gasteiger partial charge in [-0.3, -0.25) is 9.48 Å². The van der Waals surface area contributed by atoms with Crippen LogP contribution in [0.25, 0.3) is 9.88 Å². The SMILES string of the molecule is O=C(c1csc(-c2ccc(Cl)s2)n1)N1CCCC(Cn2ccnn2)C1. The summed E-state index contributed by atoms with van der Waals surface area (Å²) < 4.78 is 2.56. The molecule has 6 nitrogen and oxygen atoms in total. The molecule has 4 heterocycles. The molecule has 4 rings (SSSR count). The largest absolute Gasteiger partial charge is 0.337 e. The van der Waals surface area contributed by atoms with Crippen molar-refractivity contribution in [2.24, 2.45) is 5.92 Å². The number of thiazole rings is 1. The number of amides is 1. The minimum absolute atomic E-state index is 0.00782. The Morgan fingerprint density at radius 3 is 3.08 bits per heavy atom. The molecule has 1 saturated heterocycles. The maximum absolute atomic E-state index is 12.8. The van der Waals surface area contributed by atoms with Gasteiger partial charge in [0.1, 0.15) is 10.7 Å². The van der Waals surface area contributed by atoms with Crippen molar-refractivity contribution in [1.29, 1.82) is 0 Å². The summed E-state index contributed by atoms with van der Waals surface area (Å²) in [5, 5.41) is 10.5. The lowest BCUT2D eigenvalue weighted by Gasteiger charge is -2.32. The molecule has 1 aliphatic heterocycles. The average Bonchev–Trinajstić information content (AvgIpc) is 3.35. The van der Waals surface area contributed by atoms with Gasteiger partial charge < -0.3 is 4.90 Å². The molecule has 25 heavy (non-hydrogen) atoms. The molecular formula is C16H16ClN5OS2. The second kappa shape index (κ2) is 7.23. The van der Waals surface area contributed by atoms with Crippen LogP contribution in [0, 0.1) is 5.92 Å². The topological polar surface area (TPSA) is 63.9 Å². The number of thiophene rings is 1. The van der Waals surface area contributed by atoms with E-state index >= 15 is 0 Å². The minimum atomic E-state index is 0.00782. The fourth-order valence-corrected chi connectivity index (χ4v) is 4.98. The smallest absolute Gasteiger partial charge is 0.273 e. The van der Waals surface area contributed by atoms with Gasteiger partial charge in [0.25, 0.3) is 5.91 Å². The zero-order valence-electron chi connectivity index (χ0n) is 13.3. The Balaban J connectivity index is 1.44. The monoisotopic (exact) mass is 393 g/mol. The van der Waals surface area contributed by atoms with Gasteiger partial charge in [0.15, 0.2) is 0 Å². The van der Waals surface area contributed by atoms with Gasteiger partial charge in [0.05, 0.1) is 15.4 Å². The van der Waals surface area contributed by atoms with Crippen molar-refractivity contribution in [3.63, 3.8) is 0 Å². The highest BCUT2D eigenvalue weighted by molar-refractivity contribution is 7.23. The van der Waals surface area contributed by atoms with E-state index in [0.717, 1.165) is 46.7 Å². The van der Waals surface area contributed by atoms with Crippen LogP contribution in [0.5, 0.6) is 0 Å². The number of rotatable bonds is 4. The zero-order chi connectivity index (χ0) is 17.2. The number of hydrogen-bond donors (Lipinski definition) is 0. The van der Waals surface area contributed by atoms with E-state index in [1.165, 1.54) is 22.7 Å². The summed E-state index contributed by atoms with van der Waals surface area (Å²) in [6.45, 7) is 2.31. The number of halogens is 1. The van der Waals surface area contributed by atoms with Gasteiger partial charge in [-0.1, -0.05) is 16.8 Å². The number of carbonyl (C=O) groups excluding carboxylic acids is 1. The summed E-state index contributed by atoms with van der Waals surface area (Å²) in [5.74, 6) is 0.405. The van der Waals surface area contributed by atoms with E-state index in [1.54, 1.807) is 6.20 Å². The van der Waals surface area contributed by atoms with Gasteiger partial charge >= 0.3 is 0 Å². The molecule has 0 N–H and O–H groups in total. The third-order valence-corrected chi connectivity index (χ3v) is 6.47. The molecule has 0 bridgehead atoms. The van der Waals surface area contributed by atoms with Gasteiger partial charge in [0.2, 0.25) is 0 Å². The molecule has 0 saturated carbocycles. The van der Waals surface area contributed by atoms with Crippen LogP contribution in [0.4, 0.5) is 0 Å². The van der Waals surface area contributed by atoms with Crippen LogP contribution in [-0.2, 0) is 6.54 Å². The first-order chi connectivity index (χ1) is 12.2. The molecule has 0 spiro atoms. The first-order valence-electron chi connectivity index (χ1n) is 8.03. The lowest BCUT2D eigenvalue weighted by Crippen LogP contribution is -2.41. The predicted molar refractivity (Wildman–Crippen MR) is 99.1 cm³/mol. The van der Waals surface area contributed by atoms with E-state index < -0.39 is 0 Å². The van der Waals surface area contributed by atoms with Crippen LogP contribution in [0.3, 0.4) is 0 Å². The molecule has 3 aromatic rings. The quantitative estimate of drug-likeness (QED) is 0.678. The second-order valence-electron chi connectivity index (χ2n) is 6.03. The molecule has 0 aliphatic carbocycles. The van der Waals surface area contributed by atoms with Crippen molar-refractivity contribution < 1.29 is 4.79 Å². The van der Waals surface area contributed by atoms with Crippen molar-refractivity contribution in [3.8, 4) is 9.88 Å². The van der Waals surface area contributed by atoms with Crippen LogP contribution in [0.2, 0.25) is 4.34 Å². The fraction of sp³-hybridized carbons (Fsp3) is 0.375. The Kier molecular flexibility index (Phi) is 4.82. The molecule has 1 aliphatic rings. The van der Waals surface area contributed by atoms with E-state index in [1.807, 2.05) is 33.3 Å². The maximum atomic E-state index is 12.8. The van der Waals surface area contributed by atoms with Crippen molar-refractivity contribution in [1.82, 2.24) is 24.9 Å². The molecule has 1 amide bonds. The van der Waals surface area contributed by atoms with Crippen LogP contribution in [-0.4, -0.2) is 43.9 Å². The predicted octanol–water partition coefficient (Wildman–Crippen LogP) is 3.67. The first-order valence-corrected chi connectivity index (χ1v) is 10.1. The minimum Gasteiger partial charge on any atom is -0.337 e. The molecule has 3 aromatic heterocycles. The Morgan fingerprint density at radius 1 is 1.40 bits per heavy atom. The molecule has 1 fully saturated rings. The molecular weight excluding hydrogens is 378 g/mol. The normalized spacial score (nSPS) is 17.8. The molecule has 1 unspecified atom stereocenters. The third kappa shape index (κ3) is 3.75. The average molecular weight is 394 g/mol. The van der Waals surface area contributed by atoms with Crippen molar-refractivity contribution in [2.75, 3.05) is 13.1 Å². The summed E-state index contributed by atoms with van der Waals surface area (Å²) in [6.07, 6.45) is 5.64. The van der Waals surface area contributed by atoms with Crippen LogP contribution < -0.4 is 0 Å².